The summed E-state index contributed by atoms with van der Waals surface area (Å²) in [6, 6.07) is 11.6. The number of methoxy groups -OCH3 is 1. The third kappa shape index (κ3) is 7.09. The number of fused-ring (bicyclic) bond motifs is 6. The molecule has 2 amide bonds. The molecule has 3 atom stereocenters. The van der Waals surface area contributed by atoms with Gasteiger partial charge in [-0.25, -0.2) is 19.5 Å². The average molecular weight is 650 g/mol. The number of hydrogen-bond acceptors (Lipinski definition) is 10. The summed E-state index contributed by atoms with van der Waals surface area (Å²) < 4.78 is 33.9. The fraction of sp³-hybridized carbons (Fsp3) is 0.485. The number of alkyl carbamates (subject to hydrolysis) is 1. The fourth-order valence-corrected chi connectivity index (χ4v) is 7.10. The molecular formula is C33H43N7O5S. The Kier molecular flexibility index (Phi) is 9.00. The van der Waals surface area contributed by atoms with Crippen LogP contribution < -0.4 is 20.3 Å². The Morgan fingerprint density at radius 1 is 1.13 bits per heavy atom. The largest absolute Gasteiger partial charge is 0.453 e. The SMILES string of the molecule is COC(=O)NCc1ccc(C2C[C@H](C)[C@@H]3CN(c4nc(C(C)(C)C)ccc4C(=O)NS(=O)(=O)c4cccc(n4)N2)C(C)(C)C3)nc1. The van der Waals surface area contributed by atoms with Gasteiger partial charge in [-0.2, -0.15) is 8.42 Å². The van der Waals surface area contributed by atoms with E-state index in [1.165, 1.54) is 13.2 Å². The van der Waals surface area contributed by atoms with Crippen molar-refractivity contribution in [1.29, 1.82) is 0 Å². The number of sulfonamides is 1. The first-order valence-corrected chi connectivity index (χ1v) is 16.9. The van der Waals surface area contributed by atoms with Gasteiger partial charge in [-0.05, 0) is 74.4 Å². The zero-order valence-corrected chi connectivity index (χ0v) is 28.2. The molecule has 5 rings (SSSR count). The predicted molar refractivity (Wildman–Crippen MR) is 175 cm³/mol. The second-order valence-electron chi connectivity index (χ2n) is 13.8. The molecular weight excluding hydrogens is 606 g/mol. The van der Waals surface area contributed by atoms with E-state index in [2.05, 4.69) is 71.5 Å². The first-order chi connectivity index (χ1) is 21.6. The lowest BCUT2D eigenvalue weighted by molar-refractivity contribution is 0.0981. The van der Waals surface area contributed by atoms with Gasteiger partial charge in [0.15, 0.2) is 5.03 Å². The predicted octanol–water partition coefficient (Wildman–Crippen LogP) is 4.94. The second kappa shape index (κ2) is 12.5. The summed E-state index contributed by atoms with van der Waals surface area (Å²) in [5.41, 5.74) is 1.92. The van der Waals surface area contributed by atoms with Gasteiger partial charge in [0, 0.05) is 35.9 Å². The molecule has 2 aliphatic rings. The molecule has 12 nitrogen and oxygen atoms in total. The molecule has 3 aromatic rings. The fourth-order valence-electron chi connectivity index (χ4n) is 6.16. The minimum absolute atomic E-state index is 0.198. The minimum Gasteiger partial charge on any atom is -0.453 e. The number of nitrogens with one attached hydrogen (secondary N) is 3. The number of carbonyl (C=O) groups excluding carboxylic acids is 2. The molecule has 0 spiro atoms. The first kappa shape index (κ1) is 33.1. The number of nitrogens with zero attached hydrogens (tertiary/aromatic N) is 4. The second-order valence-corrected chi connectivity index (χ2v) is 15.5. The monoisotopic (exact) mass is 649 g/mol. The van der Waals surface area contributed by atoms with Crippen molar-refractivity contribution in [1.82, 2.24) is 25.0 Å². The molecule has 13 heteroatoms. The lowest BCUT2D eigenvalue weighted by Crippen LogP contribution is -2.41. The van der Waals surface area contributed by atoms with Gasteiger partial charge in [-0.15, -0.1) is 0 Å². The van der Waals surface area contributed by atoms with Crippen molar-refractivity contribution >= 4 is 33.7 Å². The molecule has 46 heavy (non-hydrogen) atoms. The molecule has 246 valence electrons. The van der Waals surface area contributed by atoms with E-state index in [9.17, 15) is 18.0 Å². The van der Waals surface area contributed by atoms with Crippen molar-refractivity contribution in [2.75, 3.05) is 23.9 Å². The van der Waals surface area contributed by atoms with Crippen LogP contribution in [0.2, 0.25) is 0 Å². The lowest BCUT2D eigenvalue weighted by atomic mass is 9.83. The van der Waals surface area contributed by atoms with E-state index in [1.54, 1.807) is 30.5 Å². The van der Waals surface area contributed by atoms with Gasteiger partial charge in [-0.3, -0.25) is 9.78 Å². The number of pyridine rings is 3. The van der Waals surface area contributed by atoms with Crippen LogP contribution in [0.15, 0.2) is 53.7 Å². The third-order valence-corrected chi connectivity index (χ3v) is 10.1. The van der Waals surface area contributed by atoms with Crippen LogP contribution in [0, 0.1) is 11.8 Å². The van der Waals surface area contributed by atoms with Crippen LogP contribution in [0.3, 0.4) is 0 Å². The number of ether oxygens (including phenoxy) is 1. The highest BCUT2D eigenvalue weighted by Gasteiger charge is 2.43. The van der Waals surface area contributed by atoms with Crippen molar-refractivity contribution < 1.29 is 22.7 Å². The van der Waals surface area contributed by atoms with Crippen molar-refractivity contribution in [3.8, 4) is 0 Å². The van der Waals surface area contributed by atoms with Gasteiger partial charge in [-0.1, -0.05) is 39.8 Å². The average Bonchev–Trinajstić information content (AvgIpc) is 3.33. The zero-order chi connectivity index (χ0) is 33.4. The van der Waals surface area contributed by atoms with E-state index in [0.717, 1.165) is 23.4 Å². The molecule has 0 aromatic carbocycles. The summed E-state index contributed by atoms with van der Waals surface area (Å²) >= 11 is 0. The molecule has 0 radical (unpaired) electrons. The maximum atomic E-state index is 13.7. The van der Waals surface area contributed by atoms with E-state index >= 15 is 0 Å². The maximum absolute atomic E-state index is 13.7. The van der Waals surface area contributed by atoms with Crippen LogP contribution >= 0.6 is 0 Å². The van der Waals surface area contributed by atoms with Gasteiger partial charge in [0.2, 0.25) is 0 Å². The molecule has 5 heterocycles. The van der Waals surface area contributed by atoms with Crippen LogP contribution in [0.1, 0.15) is 87.7 Å². The highest BCUT2D eigenvalue weighted by atomic mass is 32.2. The van der Waals surface area contributed by atoms with Crippen molar-refractivity contribution in [2.24, 2.45) is 11.8 Å². The summed E-state index contributed by atoms with van der Waals surface area (Å²) in [5.74, 6) is 0.500. The van der Waals surface area contributed by atoms with Crippen molar-refractivity contribution in [3.05, 3.63) is 71.2 Å². The van der Waals surface area contributed by atoms with E-state index in [0.29, 0.717) is 24.6 Å². The van der Waals surface area contributed by atoms with Gasteiger partial charge in [0.25, 0.3) is 15.9 Å². The molecule has 4 bridgehead atoms. The van der Waals surface area contributed by atoms with Crippen LogP contribution in [0.4, 0.5) is 16.4 Å². The van der Waals surface area contributed by atoms with Gasteiger partial charge < -0.3 is 20.3 Å². The molecule has 1 unspecified atom stereocenters. The van der Waals surface area contributed by atoms with Crippen LogP contribution in [-0.4, -0.2) is 54.6 Å². The Hall–Kier alpha value is -4.26. The molecule has 0 saturated carbocycles. The summed E-state index contributed by atoms with van der Waals surface area (Å²) in [5, 5.41) is 5.79. The van der Waals surface area contributed by atoms with Crippen LogP contribution in [0.25, 0.3) is 0 Å². The molecule has 1 fully saturated rings. The first-order valence-electron chi connectivity index (χ1n) is 15.4. The summed E-state index contributed by atoms with van der Waals surface area (Å²) in [7, 11) is -3.01. The number of aromatic nitrogens is 3. The van der Waals surface area contributed by atoms with E-state index in [4.69, 9.17) is 9.97 Å². The van der Waals surface area contributed by atoms with E-state index in [-0.39, 0.29) is 46.0 Å². The minimum atomic E-state index is -4.32. The third-order valence-electron chi connectivity index (χ3n) is 8.84. The number of anilines is 2. The Morgan fingerprint density at radius 3 is 2.57 bits per heavy atom. The number of rotatable bonds is 3. The normalized spacial score (nSPS) is 22.4. The Morgan fingerprint density at radius 2 is 1.89 bits per heavy atom. The summed E-state index contributed by atoms with van der Waals surface area (Å²) in [6.07, 6.45) is 2.70. The van der Waals surface area contributed by atoms with Crippen LogP contribution in [0.5, 0.6) is 0 Å². The molecule has 2 aliphatic heterocycles. The van der Waals surface area contributed by atoms with Gasteiger partial charge in [0.1, 0.15) is 11.6 Å². The number of amides is 2. The Labute approximate surface area is 270 Å². The topological polar surface area (TPSA) is 156 Å². The molecule has 1 saturated heterocycles. The molecule has 3 N–H and O–H groups in total. The lowest BCUT2D eigenvalue weighted by Gasteiger charge is -2.34. The quantitative estimate of drug-likeness (QED) is 0.355. The van der Waals surface area contributed by atoms with Gasteiger partial charge in [0.05, 0.1) is 24.4 Å². The smallest absolute Gasteiger partial charge is 0.407 e. The highest BCUT2D eigenvalue weighted by molar-refractivity contribution is 7.90. The Bertz CT molecular complexity index is 1720. The van der Waals surface area contributed by atoms with Crippen molar-refractivity contribution in [2.45, 2.75) is 83.0 Å². The number of hydrogen-bond donors (Lipinski definition) is 3. The van der Waals surface area contributed by atoms with Crippen LogP contribution in [-0.2, 0) is 26.7 Å². The maximum Gasteiger partial charge on any atom is 0.407 e. The standard InChI is InChI=1S/C33H43N7O5S/c1-20-15-25(24-13-11-21(17-34-24)18-35-31(42)45-7)36-27-9-8-10-28(38-27)46(43,44)39-30(41)23-12-14-26(32(2,3)4)37-29(23)40-19-22(20)16-33(40,5)6/h8-14,17,20,22,25H,15-16,18-19H2,1-7H3,(H,35,42)(H,36,38)(H,39,41)/t20-,22-,25?/m0/s1. The molecule has 0 aliphatic carbocycles. The van der Waals surface area contributed by atoms with E-state index < -0.39 is 22.0 Å². The highest BCUT2D eigenvalue weighted by Crippen LogP contribution is 2.43. The van der Waals surface area contributed by atoms with E-state index in [1.807, 2.05) is 12.1 Å². The zero-order valence-electron chi connectivity index (χ0n) is 27.4. The summed E-state index contributed by atoms with van der Waals surface area (Å²) in [6.45, 7) is 13.6. The molecule has 3 aromatic heterocycles. The Balaban J connectivity index is 1.57. The summed E-state index contributed by atoms with van der Waals surface area (Å²) in [4.78, 5) is 41.5. The van der Waals surface area contributed by atoms with Crippen molar-refractivity contribution in [3.63, 3.8) is 0 Å². The van der Waals surface area contributed by atoms with Gasteiger partial charge >= 0.3 is 6.09 Å². The number of carbonyl (C=O) groups is 2.